The van der Waals surface area contributed by atoms with Gasteiger partial charge in [0, 0.05) is 24.0 Å². The highest BCUT2D eigenvalue weighted by Gasteiger charge is 2.08. The predicted molar refractivity (Wildman–Crippen MR) is 75.5 cm³/mol. The van der Waals surface area contributed by atoms with Crippen LogP contribution in [0.2, 0.25) is 0 Å². The lowest BCUT2D eigenvalue weighted by atomic mass is 10.0. The van der Waals surface area contributed by atoms with E-state index in [-0.39, 0.29) is 11.6 Å². The molecule has 96 valence electrons. The molecule has 0 spiro atoms. The lowest BCUT2D eigenvalue weighted by Gasteiger charge is -2.03. The highest BCUT2D eigenvalue weighted by atomic mass is 16.1. The summed E-state index contributed by atoms with van der Waals surface area (Å²) in [7, 11) is 0. The first-order chi connectivity index (χ1) is 9.20. The number of hydrogen-bond acceptors (Lipinski definition) is 2. The van der Waals surface area contributed by atoms with Gasteiger partial charge in [-0.25, -0.2) is 0 Å². The molecular formula is C17H16O2. The Balaban J connectivity index is 2.10. The van der Waals surface area contributed by atoms with Gasteiger partial charge in [-0.1, -0.05) is 61.5 Å². The number of Topliss-reactive ketones (excluding diaryl/α,β-unsaturated/α-hetero) is 2. The van der Waals surface area contributed by atoms with Gasteiger partial charge in [-0.3, -0.25) is 9.59 Å². The van der Waals surface area contributed by atoms with E-state index in [2.05, 4.69) is 0 Å². The van der Waals surface area contributed by atoms with E-state index in [9.17, 15) is 9.59 Å². The summed E-state index contributed by atoms with van der Waals surface area (Å²) in [5.74, 6) is 0.170. The topological polar surface area (TPSA) is 34.1 Å². The van der Waals surface area contributed by atoms with Gasteiger partial charge in [0.2, 0.25) is 0 Å². The van der Waals surface area contributed by atoms with Crippen LogP contribution in [0, 0.1) is 0 Å². The highest BCUT2D eigenvalue weighted by molar-refractivity contribution is 6.00. The van der Waals surface area contributed by atoms with Gasteiger partial charge in [-0.2, -0.15) is 0 Å². The fraction of sp³-hybridized carbons (Fsp3) is 0.176. The molecule has 0 aliphatic heterocycles. The van der Waals surface area contributed by atoms with Crippen LogP contribution in [0.25, 0.3) is 0 Å². The molecular weight excluding hydrogens is 236 g/mol. The van der Waals surface area contributed by atoms with Crippen LogP contribution < -0.4 is 0 Å². The maximum Gasteiger partial charge on any atom is 0.167 e. The third-order valence-electron chi connectivity index (χ3n) is 3.06. The van der Waals surface area contributed by atoms with E-state index in [1.165, 1.54) is 0 Å². The van der Waals surface area contributed by atoms with E-state index in [1.54, 1.807) is 24.3 Å². The number of hydrogen-bond donors (Lipinski definition) is 0. The molecule has 0 amide bonds. The summed E-state index contributed by atoms with van der Waals surface area (Å²) in [5.41, 5.74) is 2.32. The Labute approximate surface area is 113 Å². The molecule has 0 aliphatic carbocycles. The normalized spacial score (nSPS) is 10.2. The van der Waals surface area contributed by atoms with Crippen molar-refractivity contribution in [1.29, 1.82) is 0 Å². The first kappa shape index (κ1) is 13.2. The monoisotopic (exact) mass is 252 g/mol. The van der Waals surface area contributed by atoms with E-state index in [0.29, 0.717) is 24.0 Å². The average Bonchev–Trinajstić information content (AvgIpc) is 2.47. The molecule has 2 rings (SSSR count). The zero-order valence-electron chi connectivity index (χ0n) is 10.9. The molecule has 0 saturated carbocycles. The SMILES string of the molecule is CCC(=O)c1ccc(C(=O)Cc2ccccc2)cc1. The van der Waals surface area contributed by atoms with Gasteiger partial charge in [-0.15, -0.1) is 0 Å². The van der Waals surface area contributed by atoms with Crippen molar-refractivity contribution in [1.82, 2.24) is 0 Å². The molecule has 0 heterocycles. The molecule has 0 atom stereocenters. The van der Waals surface area contributed by atoms with Gasteiger partial charge < -0.3 is 0 Å². The molecule has 2 aromatic carbocycles. The minimum absolute atomic E-state index is 0.0710. The van der Waals surface area contributed by atoms with Gasteiger partial charge in [0.25, 0.3) is 0 Å². The molecule has 0 fully saturated rings. The second-order valence-electron chi connectivity index (χ2n) is 4.44. The fourth-order valence-corrected chi connectivity index (χ4v) is 1.93. The largest absolute Gasteiger partial charge is 0.294 e. The number of carbonyl (C=O) groups is 2. The van der Waals surface area contributed by atoms with Gasteiger partial charge in [0.05, 0.1) is 0 Å². The maximum absolute atomic E-state index is 12.1. The standard InChI is InChI=1S/C17H16O2/c1-2-16(18)14-8-10-15(11-9-14)17(19)12-13-6-4-3-5-7-13/h3-11H,2,12H2,1H3. The van der Waals surface area contributed by atoms with Crippen LogP contribution in [0.4, 0.5) is 0 Å². The zero-order chi connectivity index (χ0) is 13.7. The number of carbonyl (C=O) groups excluding carboxylic acids is 2. The van der Waals surface area contributed by atoms with Crippen LogP contribution in [-0.4, -0.2) is 11.6 Å². The summed E-state index contributed by atoms with van der Waals surface area (Å²) < 4.78 is 0. The van der Waals surface area contributed by atoms with Crippen molar-refractivity contribution in [2.24, 2.45) is 0 Å². The van der Waals surface area contributed by atoms with Crippen molar-refractivity contribution >= 4 is 11.6 Å². The lowest BCUT2D eigenvalue weighted by Crippen LogP contribution is -2.04. The van der Waals surface area contributed by atoms with Crippen LogP contribution >= 0.6 is 0 Å². The molecule has 19 heavy (non-hydrogen) atoms. The second kappa shape index (κ2) is 6.10. The Hall–Kier alpha value is -2.22. The first-order valence-electron chi connectivity index (χ1n) is 6.41. The Kier molecular flexibility index (Phi) is 4.24. The Morgan fingerprint density at radius 2 is 1.32 bits per heavy atom. The Bertz CT molecular complexity index is 568. The summed E-state index contributed by atoms with van der Waals surface area (Å²) in [5, 5.41) is 0. The fourth-order valence-electron chi connectivity index (χ4n) is 1.93. The Morgan fingerprint density at radius 3 is 1.84 bits per heavy atom. The lowest BCUT2D eigenvalue weighted by molar-refractivity contribution is 0.0978. The van der Waals surface area contributed by atoms with Crippen molar-refractivity contribution < 1.29 is 9.59 Å². The highest BCUT2D eigenvalue weighted by Crippen LogP contribution is 2.10. The molecule has 0 aromatic heterocycles. The molecule has 2 aromatic rings. The van der Waals surface area contributed by atoms with E-state index in [4.69, 9.17) is 0 Å². The minimum atomic E-state index is 0.0710. The van der Waals surface area contributed by atoms with Crippen molar-refractivity contribution in [3.05, 3.63) is 71.3 Å². The molecule has 0 radical (unpaired) electrons. The summed E-state index contributed by atoms with van der Waals surface area (Å²) in [6, 6.07) is 16.6. The van der Waals surface area contributed by atoms with Crippen LogP contribution in [0.5, 0.6) is 0 Å². The Morgan fingerprint density at radius 1 is 0.789 bits per heavy atom. The third-order valence-corrected chi connectivity index (χ3v) is 3.06. The van der Waals surface area contributed by atoms with Crippen molar-refractivity contribution in [2.45, 2.75) is 19.8 Å². The van der Waals surface area contributed by atoms with Gasteiger partial charge in [0.15, 0.2) is 11.6 Å². The van der Waals surface area contributed by atoms with Crippen molar-refractivity contribution in [2.75, 3.05) is 0 Å². The van der Waals surface area contributed by atoms with Gasteiger partial charge >= 0.3 is 0 Å². The van der Waals surface area contributed by atoms with E-state index < -0.39 is 0 Å². The molecule has 0 aliphatic rings. The van der Waals surface area contributed by atoms with Crippen LogP contribution in [0.15, 0.2) is 54.6 Å². The number of rotatable bonds is 5. The van der Waals surface area contributed by atoms with Crippen LogP contribution in [0.3, 0.4) is 0 Å². The van der Waals surface area contributed by atoms with Crippen molar-refractivity contribution in [3.63, 3.8) is 0 Å². The van der Waals surface area contributed by atoms with Crippen molar-refractivity contribution in [3.8, 4) is 0 Å². The first-order valence-corrected chi connectivity index (χ1v) is 6.41. The minimum Gasteiger partial charge on any atom is -0.294 e. The molecule has 0 N–H and O–H groups in total. The molecule has 0 unspecified atom stereocenters. The third kappa shape index (κ3) is 3.38. The summed E-state index contributed by atoms with van der Waals surface area (Å²) >= 11 is 0. The number of ketones is 2. The van der Waals surface area contributed by atoms with E-state index >= 15 is 0 Å². The zero-order valence-corrected chi connectivity index (χ0v) is 10.9. The summed E-state index contributed by atoms with van der Waals surface area (Å²) in [4.78, 5) is 23.6. The summed E-state index contributed by atoms with van der Waals surface area (Å²) in [6.07, 6.45) is 0.874. The molecule has 2 heteroatoms. The predicted octanol–water partition coefficient (Wildman–Crippen LogP) is 3.70. The van der Waals surface area contributed by atoms with Crippen LogP contribution in [-0.2, 0) is 6.42 Å². The number of benzene rings is 2. The van der Waals surface area contributed by atoms with Crippen LogP contribution in [0.1, 0.15) is 39.6 Å². The molecule has 0 saturated heterocycles. The average molecular weight is 252 g/mol. The smallest absolute Gasteiger partial charge is 0.167 e. The summed E-state index contributed by atoms with van der Waals surface area (Å²) in [6.45, 7) is 1.83. The van der Waals surface area contributed by atoms with Gasteiger partial charge in [0.1, 0.15) is 0 Å². The molecule has 0 bridgehead atoms. The van der Waals surface area contributed by atoms with Gasteiger partial charge in [-0.05, 0) is 5.56 Å². The molecule has 2 nitrogen and oxygen atoms in total. The quantitative estimate of drug-likeness (QED) is 0.760. The second-order valence-corrected chi connectivity index (χ2v) is 4.44. The van der Waals surface area contributed by atoms with E-state index in [1.807, 2.05) is 37.3 Å². The van der Waals surface area contributed by atoms with E-state index in [0.717, 1.165) is 5.56 Å². The maximum atomic E-state index is 12.1.